The van der Waals surface area contributed by atoms with Crippen LogP contribution in [0.15, 0.2) is 46.9 Å². The fourth-order valence-electron chi connectivity index (χ4n) is 1.59. The van der Waals surface area contributed by atoms with E-state index in [-0.39, 0.29) is 0 Å². The van der Waals surface area contributed by atoms with Gasteiger partial charge in [0.25, 0.3) is 0 Å². The number of rotatable bonds is 3. The van der Waals surface area contributed by atoms with Gasteiger partial charge >= 0.3 is 0 Å². The predicted molar refractivity (Wildman–Crippen MR) is 82.6 cm³/mol. The van der Waals surface area contributed by atoms with Gasteiger partial charge < -0.3 is 5.32 Å². The third-order valence-corrected chi connectivity index (χ3v) is 4.05. The van der Waals surface area contributed by atoms with E-state index < -0.39 is 6.04 Å². The topological polar surface area (TPSA) is 35.8 Å². The molecule has 1 N–H and O–H groups in total. The molecule has 0 aliphatic heterocycles. The van der Waals surface area contributed by atoms with Gasteiger partial charge in [-0.05, 0) is 57.9 Å². The van der Waals surface area contributed by atoms with Crippen LogP contribution in [0, 0.1) is 11.3 Å². The van der Waals surface area contributed by atoms with Crippen molar-refractivity contribution in [2.24, 2.45) is 0 Å². The minimum absolute atomic E-state index is 0.466. The zero-order chi connectivity index (χ0) is 13.8. The monoisotopic (exact) mass is 354 g/mol. The van der Waals surface area contributed by atoms with E-state index in [0.717, 1.165) is 15.7 Å². The maximum absolute atomic E-state index is 9.26. The summed E-state index contributed by atoms with van der Waals surface area (Å²) in [5, 5.41) is 13.6. The van der Waals surface area contributed by atoms with Crippen molar-refractivity contribution in [1.82, 2.24) is 0 Å². The molecule has 0 fully saturated rings. The molecule has 96 valence electrons. The number of nitrogens with one attached hydrogen (secondary N) is 1. The number of nitrogens with zero attached hydrogens (tertiary/aromatic N) is 1. The molecule has 1 atom stereocenters. The first-order valence-corrected chi connectivity index (χ1v) is 7.01. The quantitative estimate of drug-likeness (QED) is 0.796. The number of hydrogen-bond acceptors (Lipinski definition) is 2. The third-order valence-electron chi connectivity index (χ3n) is 2.56. The van der Waals surface area contributed by atoms with Crippen LogP contribution >= 0.6 is 39.1 Å². The summed E-state index contributed by atoms with van der Waals surface area (Å²) in [4.78, 5) is 0. The van der Waals surface area contributed by atoms with Crippen molar-refractivity contribution in [2.75, 3.05) is 5.32 Å². The minimum Gasteiger partial charge on any atom is -0.366 e. The molecule has 0 spiro atoms. The summed E-state index contributed by atoms with van der Waals surface area (Å²) in [5.74, 6) is 0. The molecule has 2 nitrogen and oxygen atoms in total. The van der Waals surface area contributed by atoms with Gasteiger partial charge in [-0.3, -0.25) is 0 Å². The van der Waals surface area contributed by atoms with Gasteiger partial charge in [0.15, 0.2) is 0 Å². The lowest BCUT2D eigenvalue weighted by atomic mass is 10.1. The Morgan fingerprint density at radius 3 is 2.37 bits per heavy atom. The molecule has 2 aromatic rings. The highest BCUT2D eigenvalue weighted by Crippen LogP contribution is 2.27. The van der Waals surface area contributed by atoms with Gasteiger partial charge in [-0.25, -0.2) is 0 Å². The van der Waals surface area contributed by atoms with Crippen molar-refractivity contribution in [3.05, 3.63) is 62.5 Å². The Morgan fingerprint density at radius 2 is 1.79 bits per heavy atom. The summed E-state index contributed by atoms with van der Waals surface area (Å²) in [6.07, 6.45) is 0. The predicted octanol–water partition coefficient (Wildman–Crippen LogP) is 5.43. The Morgan fingerprint density at radius 1 is 1.11 bits per heavy atom. The molecule has 1 unspecified atom stereocenters. The van der Waals surface area contributed by atoms with Crippen molar-refractivity contribution in [2.45, 2.75) is 6.04 Å². The zero-order valence-corrected chi connectivity index (χ0v) is 12.8. The number of nitriles is 1. The summed E-state index contributed by atoms with van der Waals surface area (Å²) in [5.41, 5.74) is 1.64. The Labute approximate surface area is 130 Å². The van der Waals surface area contributed by atoms with Crippen molar-refractivity contribution in [1.29, 1.82) is 5.26 Å². The molecular weight excluding hydrogens is 347 g/mol. The average molecular weight is 356 g/mol. The summed E-state index contributed by atoms with van der Waals surface area (Å²) in [6, 6.07) is 14.4. The van der Waals surface area contributed by atoms with E-state index in [1.54, 1.807) is 18.2 Å². The standard InChI is InChI=1S/C14H9BrCl2N2/c15-12-6-1-9(7-13(12)17)14(8-18)19-11-4-2-10(16)3-5-11/h1-7,14,19H. The molecule has 0 heterocycles. The lowest BCUT2D eigenvalue weighted by Crippen LogP contribution is -2.08. The van der Waals surface area contributed by atoms with E-state index in [1.807, 2.05) is 24.3 Å². The summed E-state index contributed by atoms with van der Waals surface area (Å²) >= 11 is 15.2. The van der Waals surface area contributed by atoms with Crippen LogP contribution in [0.3, 0.4) is 0 Å². The van der Waals surface area contributed by atoms with E-state index in [0.29, 0.717) is 10.0 Å². The smallest absolute Gasteiger partial charge is 0.140 e. The highest BCUT2D eigenvalue weighted by atomic mass is 79.9. The number of benzene rings is 2. The maximum Gasteiger partial charge on any atom is 0.140 e. The zero-order valence-electron chi connectivity index (χ0n) is 9.70. The second kappa shape index (κ2) is 6.29. The van der Waals surface area contributed by atoms with Gasteiger partial charge in [0.1, 0.15) is 6.04 Å². The highest BCUT2D eigenvalue weighted by Gasteiger charge is 2.11. The van der Waals surface area contributed by atoms with E-state index >= 15 is 0 Å². The lowest BCUT2D eigenvalue weighted by molar-refractivity contribution is 0.997. The molecule has 0 amide bonds. The molecule has 5 heteroatoms. The fraction of sp³-hybridized carbons (Fsp3) is 0.0714. The average Bonchev–Trinajstić information content (AvgIpc) is 2.41. The van der Waals surface area contributed by atoms with Crippen LogP contribution in [0.2, 0.25) is 10.0 Å². The van der Waals surface area contributed by atoms with Crippen molar-refractivity contribution in [3.8, 4) is 6.07 Å². The van der Waals surface area contributed by atoms with Gasteiger partial charge in [-0.15, -0.1) is 0 Å². The van der Waals surface area contributed by atoms with E-state index in [9.17, 15) is 5.26 Å². The molecule has 0 saturated carbocycles. The lowest BCUT2D eigenvalue weighted by Gasteiger charge is -2.14. The van der Waals surface area contributed by atoms with Crippen LogP contribution in [0.5, 0.6) is 0 Å². The second-order valence-electron chi connectivity index (χ2n) is 3.89. The Balaban J connectivity index is 2.23. The van der Waals surface area contributed by atoms with Gasteiger partial charge in [0, 0.05) is 15.2 Å². The Bertz CT molecular complexity index is 620. The van der Waals surface area contributed by atoms with Crippen LogP contribution in [0.1, 0.15) is 11.6 Å². The normalized spacial score (nSPS) is 11.7. The number of anilines is 1. The van der Waals surface area contributed by atoms with Crippen LogP contribution < -0.4 is 5.32 Å². The Kier molecular flexibility index (Phi) is 4.71. The van der Waals surface area contributed by atoms with Gasteiger partial charge in [-0.2, -0.15) is 5.26 Å². The first kappa shape index (κ1) is 14.2. The van der Waals surface area contributed by atoms with E-state index in [1.165, 1.54) is 0 Å². The molecule has 2 aromatic carbocycles. The van der Waals surface area contributed by atoms with Crippen molar-refractivity contribution < 1.29 is 0 Å². The van der Waals surface area contributed by atoms with Crippen LogP contribution in [0.25, 0.3) is 0 Å². The third kappa shape index (κ3) is 3.63. The van der Waals surface area contributed by atoms with E-state index in [2.05, 4.69) is 27.3 Å². The first-order valence-electron chi connectivity index (χ1n) is 5.47. The van der Waals surface area contributed by atoms with Crippen LogP contribution in [0.4, 0.5) is 5.69 Å². The molecule has 0 aliphatic rings. The van der Waals surface area contributed by atoms with Crippen molar-refractivity contribution in [3.63, 3.8) is 0 Å². The van der Waals surface area contributed by atoms with Gasteiger partial charge in [-0.1, -0.05) is 29.3 Å². The summed E-state index contributed by atoms with van der Waals surface area (Å²) in [6.45, 7) is 0. The fourth-order valence-corrected chi connectivity index (χ4v) is 2.16. The Hall–Kier alpha value is -1.21. The maximum atomic E-state index is 9.26. The van der Waals surface area contributed by atoms with Gasteiger partial charge in [0.2, 0.25) is 0 Å². The molecule has 0 bridgehead atoms. The van der Waals surface area contributed by atoms with Crippen LogP contribution in [-0.4, -0.2) is 0 Å². The molecule has 2 rings (SSSR count). The molecule has 0 aromatic heterocycles. The first-order chi connectivity index (χ1) is 9.10. The van der Waals surface area contributed by atoms with Crippen molar-refractivity contribution >= 4 is 44.8 Å². The molecule has 0 aliphatic carbocycles. The highest BCUT2D eigenvalue weighted by molar-refractivity contribution is 9.10. The van der Waals surface area contributed by atoms with E-state index in [4.69, 9.17) is 23.2 Å². The molecule has 0 saturated heterocycles. The summed E-state index contributed by atoms with van der Waals surface area (Å²) in [7, 11) is 0. The van der Waals surface area contributed by atoms with Gasteiger partial charge in [0.05, 0.1) is 11.1 Å². The second-order valence-corrected chi connectivity index (χ2v) is 5.58. The summed E-state index contributed by atoms with van der Waals surface area (Å²) < 4.78 is 0.807. The van der Waals surface area contributed by atoms with Crippen LogP contribution in [-0.2, 0) is 0 Å². The number of halogens is 3. The molecular formula is C14H9BrCl2N2. The molecule has 19 heavy (non-hydrogen) atoms. The minimum atomic E-state index is -0.466. The SMILES string of the molecule is N#CC(Nc1ccc(Cl)cc1)c1ccc(Br)c(Cl)c1. The number of hydrogen-bond donors (Lipinski definition) is 1. The largest absolute Gasteiger partial charge is 0.366 e. The molecule has 0 radical (unpaired) electrons.